The van der Waals surface area contributed by atoms with Crippen molar-refractivity contribution in [1.29, 1.82) is 0 Å². The Hall–Kier alpha value is -1.42. The van der Waals surface area contributed by atoms with E-state index in [1.54, 1.807) is 23.7 Å². The number of hydrogen-bond donors (Lipinski definition) is 2. The van der Waals surface area contributed by atoms with Gasteiger partial charge in [-0.3, -0.25) is 4.79 Å². The summed E-state index contributed by atoms with van der Waals surface area (Å²) in [6, 6.07) is -0.0151. The second kappa shape index (κ2) is 12.6. The normalized spacial score (nSPS) is 43.6. The number of allylic oxidation sites excluding steroid dienone is 1. The van der Waals surface area contributed by atoms with Gasteiger partial charge in [0.1, 0.15) is 6.33 Å². The molecule has 49 heavy (non-hydrogen) atoms. The van der Waals surface area contributed by atoms with Gasteiger partial charge in [0.25, 0.3) is 0 Å². The summed E-state index contributed by atoms with van der Waals surface area (Å²) in [5.41, 5.74) is 6.79. The van der Waals surface area contributed by atoms with Crippen LogP contribution in [0.2, 0.25) is 0 Å². The maximum Gasteiger partial charge on any atom is 0.307 e. The summed E-state index contributed by atoms with van der Waals surface area (Å²) in [6.45, 7) is 26.7. The van der Waals surface area contributed by atoms with Gasteiger partial charge in [0.15, 0.2) is 5.16 Å². The van der Waals surface area contributed by atoms with Crippen LogP contribution in [0.1, 0.15) is 121 Å². The Kier molecular flexibility index (Phi) is 9.61. The third-order valence-corrected chi connectivity index (χ3v) is 16.9. The fourth-order valence-electron chi connectivity index (χ4n) is 12.3. The van der Waals surface area contributed by atoms with Crippen LogP contribution in [0.3, 0.4) is 0 Å². The molecule has 0 spiro atoms. The number of aliphatic carboxylic acids is 1. The van der Waals surface area contributed by atoms with Crippen molar-refractivity contribution < 1.29 is 19.4 Å². The van der Waals surface area contributed by atoms with Gasteiger partial charge in [-0.2, -0.15) is 5.10 Å². The van der Waals surface area contributed by atoms with E-state index in [-0.39, 0.29) is 45.1 Å². The standard InChI is InChI=1S/C40H66N4O4S/c1-12-49-34-42-23-43-44(34)29-19-40-22-47-20-36(8,32(29)48-21-39(11,41)25(4)5)30(40)14-13-27-28(40)15-16-38(10)31(33(45)46)35(7,26(6)24(2)3)17-18-37(27,38)9/h15,23-27,29-32H,12-14,16-22,41H2,1-11H3,(H,45,46)/t26-,27+,29-,30+,31-,32+,35-,36+,37-,38+,39+,40+/m1/s1. The molecule has 1 saturated heterocycles. The van der Waals surface area contributed by atoms with Gasteiger partial charge in [-0.05, 0) is 97.0 Å². The molecule has 9 heteroatoms. The number of aromatic nitrogens is 3. The summed E-state index contributed by atoms with van der Waals surface area (Å²) >= 11 is 1.74. The minimum atomic E-state index is -0.612. The molecule has 5 aliphatic rings. The molecule has 6 rings (SSSR count). The molecule has 3 N–H and O–H groups in total. The molecule has 0 unspecified atom stereocenters. The number of fused-ring (bicyclic) bond motifs is 3. The topological polar surface area (TPSA) is 112 Å². The molecular weight excluding hydrogens is 633 g/mol. The molecule has 0 radical (unpaired) electrons. The molecule has 12 atom stereocenters. The van der Waals surface area contributed by atoms with E-state index in [9.17, 15) is 9.90 Å². The van der Waals surface area contributed by atoms with Crippen LogP contribution in [0.15, 0.2) is 23.1 Å². The molecular formula is C40H66N4O4S. The van der Waals surface area contributed by atoms with Crippen molar-refractivity contribution in [2.75, 3.05) is 25.6 Å². The van der Waals surface area contributed by atoms with E-state index in [4.69, 9.17) is 25.3 Å². The quantitative estimate of drug-likeness (QED) is 0.186. The highest BCUT2D eigenvalue weighted by atomic mass is 32.2. The summed E-state index contributed by atoms with van der Waals surface area (Å²) in [7, 11) is 0. The monoisotopic (exact) mass is 698 g/mol. The zero-order valence-corrected chi connectivity index (χ0v) is 33.2. The van der Waals surface area contributed by atoms with E-state index < -0.39 is 17.4 Å². The summed E-state index contributed by atoms with van der Waals surface area (Å²) in [6.07, 6.45) is 9.96. The molecule has 8 nitrogen and oxygen atoms in total. The number of carboxylic acids is 1. The number of nitrogens with zero attached hydrogens (tertiary/aromatic N) is 3. The van der Waals surface area contributed by atoms with Crippen molar-refractivity contribution in [1.82, 2.24) is 14.8 Å². The van der Waals surface area contributed by atoms with Gasteiger partial charge < -0.3 is 20.3 Å². The molecule has 2 heterocycles. The largest absolute Gasteiger partial charge is 0.481 e. The number of nitrogens with two attached hydrogens (primary N) is 1. The fourth-order valence-corrected chi connectivity index (χ4v) is 13.0. The van der Waals surface area contributed by atoms with Crippen molar-refractivity contribution in [3.8, 4) is 0 Å². The van der Waals surface area contributed by atoms with Crippen LogP contribution in [0, 0.1) is 62.6 Å². The van der Waals surface area contributed by atoms with Crippen LogP contribution < -0.4 is 5.73 Å². The number of rotatable bonds is 10. The van der Waals surface area contributed by atoms with Gasteiger partial charge in [-0.25, -0.2) is 9.67 Å². The predicted molar refractivity (Wildman–Crippen MR) is 196 cm³/mol. The van der Waals surface area contributed by atoms with Crippen LogP contribution in [0.4, 0.5) is 0 Å². The van der Waals surface area contributed by atoms with Crippen molar-refractivity contribution in [2.24, 2.45) is 68.3 Å². The van der Waals surface area contributed by atoms with Crippen LogP contribution in [-0.2, 0) is 14.3 Å². The lowest BCUT2D eigenvalue weighted by Gasteiger charge is -2.71. The minimum absolute atomic E-state index is 0.0151. The maximum atomic E-state index is 13.5. The molecule has 276 valence electrons. The first-order chi connectivity index (χ1) is 22.8. The lowest BCUT2D eigenvalue weighted by atomic mass is 9.34. The lowest BCUT2D eigenvalue weighted by Crippen LogP contribution is -2.69. The third kappa shape index (κ3) is 5.35. The van der Waals surface area contributed by atoms with Crippen molar-refractivity contribution in [3.05, 3.63) is 18.0 Å². The predicted octanol–water partition coefficient (Wildman–Crippen LogP) is 8.28. The number of hydrogen-bond acceptors (Lipinski definition) is 7. The molecule has 4 aliphatic carbocycles. The third-order valence-electron chi connectivity index (χ3n) is 16.1. The van der Waals surface area contributed by atoms with Gasteiger partial charge in [0.2, 0.25) is 0 Å². The van der Waals surface area contributed by atoms with Crippen LogP contribution in [-0.4, -0.2) is 63.1 Å². The van der Waals surface area contributed by atoms with E-state index in [1.165, 1.54) is 0 Å². The van der Waals surface area contributed by atoms with Gasteiger partial charge in [-0.1, -0.05) is 92.6 Å². The summed E-state index contributed by atoms with van der Waals surface area (Å²) < 4.78 is 16.0. The molecule has 1 aromatic heterocycles. The summed E-state index contributed by atoms with van der Waals surface area (Å²) in [4.78, 5) is 18.2. The summed E-state index contributed by atoms with van der Waals surface area (Å²) in [5, 5.41) is 16.9. The zero-order chi connectivity index (χ0) is 35.9. The number of carbonyl (C=O) groups is 1. The van der Waals surface area contributed by atoms with Gasteiger partial charge in [-0.15, -0.1) is 0 Å². The first kappa shape index (κ1) is 37.3. The molecule has 2 bridgehead atoms. The summed E-state index contributed by atoms with van der Waals surface area (Å²) in [5.74, 6) is 1.65. The first-order valence-corrected chi connectivity index (χ1v) is 20.3. The zero-order valence-electron chi connectivity index (χ0n) is 32.3. The second-order valence-corrected chi connectivity index (χ2v) is 20.2. The highest BCUT2D eigenvalue weighted by Gasteiger charge is 2.72. The Morgan fingerprint density at radius 1 is 1.14 bits per heavy atom. The van der Waals surface area contributed by atoms with E-state index >= 15 is 0 Å². The molecule has 1 aromatic rings. The molecule has 0 amide bonds. The fraction of sp³-hybridized carbons (Fsp3) is 0.875. The highest BCUT2D eigenvalue weighted by Crippen LogP contribution is 2.75. The number of thioether (sulfide) groups is 1. The molecule has 0 aromatic carbocycles. The van der Waals surface area contributed by atoms with E-state index in [0.717, 1.165) is 49.4 Å². The van der Waals surface area contributed by atoms with Crippen LogP contribution >= 0.6 is 11.8 Å². The van der Waals surface area contributed by atoms with Crippen molar-refractivity contribution >= 4 is 17.7 Å². The SMILES string of the molecule is CCSc1ncnn1[C@@H]1C[C@@]23COC[C@@](C)([C@@H]2CC[C@H]2C3=CC[C@@]3(C)[C@H](C(=O)O)[C@@](C)([C@H](C)C(C)C)CC[C@]23C)[C@H]1OC[C@](C)(N)C(C)C. The molecule has 3 saturated carbocycles. The second-order valence-electron chi connectivity index (χ2n) is 18.9. The average molecular weight is 699 g/mol. The van der Waals surface area contributed by atoms with E-state index in [0.29, 0.717) is 43.5 Å². The van der Waals surface area contributed by atoms with Crippen molar-refractivity contribution in [2.45, 2.75) is 138 Å². The Morgan fingerprint density at radius 3 is 2.49 bits per heavy atom. The molecule has 1 aliphatic heterocycles. The lowest BCUT2D eigenvalue weighted by molar-refractivity contribution is -0.253. The Labute approximate surface area is 300 Å². The Balaban J connectivity index is 1.46. The maximum absolute atomic E-state index is 13.5. The van der Waals surface area contributed by atoms with E-state index in [2.05, 4.69) is 86.9 Å². The average Bonchev–Trinajstić information content (AvgIpc) is 3.48. The van der Waals surface area contributed by atoms with Crippen LogP contribution in [0.25, 0.3) is 0 Å². The highest BCUT2D eigenvalue weighted by molar-refractivity contribution is 7.99. The van der Waals surface area contributed by atoms with Gasteiger partial charge >= 0.3 is 5.97 Å². The van der Waals surface area contributed by atoms with Crippen molar-refractivity contribution in [3.63, 3.8) is 0 Å². The first-order valence-electron chi connectivity index (χ1n) is 19.3. The Morgan fingerprint density at radius 2 is 1.86 bits per heavy atom. The van der Waals surface area contributed by atoms with Gasteiger partial charge in [0, 0.05) is 16.4 Å². The Bertz CT molecular complexity index is 1440. The minimum Gasteiger partial charge on any atom is -0.481 e. The van der Waals surface area contributed by atoms with E-state index in [1.807, 2.05) is 0 Å². The van der Waals surface area contributed by atoms with Gasteiger partial charge in [0.05, 0.1) is 37.9 Å². The van der Waals surface area contributed by atoms with Crippen LogP contribution in [0.5, 0.6) is 0 Å². The number of ether oxygens (including phenoxy) is 2. The smallest absolute Gasteiger partial charge is 0.307 e. The number of carboxylic acid groups (broad SMARTS) is 1. The molecule has 4 fully saturated rings.